The molecule has 0 aliphatic carbocycles. The molecule has 1 N–H and O–H groups in total. The minimum Gasteiger partial charge on any atom is -0.360 e. The number of aromatic nitrogens is 4. The molecule has 2 aromatic rings. The number of rotatable bonds is 6. The molecular formula is C11H17N5S. The lowest BCUT2D eigenvalue weighted by molar-refractivity contribution is 0.697. The van der Waals surface area contributed by atoms with Gasteiger partial charge in [-0.15, -0.1) is 10.2 Å². The summed E-state index contributed by atoms with van der Waals surface area (Å²) in [6.45, 7) is 5.85. The van der Waals surface area contributed by atoms with Crippen molar-refractivity contribution < 1.29 is 0 Å². The molecule has 0 aromatic carbocycles. The molecule has 17 heavy (non-hydrogen) atoms. The SMILES string of the molecule is CCCc1nccn1Cc1nnc(NCC)s1. The molecule has 0 spiro atoms. The smallest absolute Gasteiger partial charge is 0.205 e. The Labute approximate surface area is 105 Å². The highest BCUT2D eigenvalue weighted by atomic mass is 32.1. The largest absolute Gasteiger partial charge is 0.360 e. The Hall–Kier alpha value is -1.43. The van der Waals surface area contributed by atoms with E-state index in [4.69, 9.17) is 0 Å². The molecule has 5 nitrogen and oxygen atoms in total. The first-order valence-electron chi connectivity index (χ1n) is 5.89. The number of hydrogen-bond donors (Lipinski definition) is 1. The average Bonchev–Trinajstić information content (AvgIpc) is 2.91. The Morgan fingerprint density at radius 1 is 1.35 bits per heavy atom. The van der Waals surface area contributed by atoms with Gasteiger partial charge in [-0.1, -0.05) is 18.3 Å². The minimum atomic E-state index is 0.762. The monoisotopic (exact) mass is 251 g/mol. The first-order chi connectivity index (χ1) is 8.33. The van der Waals surface area contributed by atoms with Gasteiger partial charge in [-0.3, -0.25) is 0 Å². The first kappa shape index (κ1) is 12.0. The first-order valence-corrected chi connectivity index (χ1v) is 6.71. The van der Waals surface area contributed by atoms with E-state index in [0.717, 1.165) is 41.9 Å². The van der Waals surface area contributed by atoms with E-state index in [1.807, 2.05) is 12.4 Å². The van der Waals surface area contributed by atoms with E-state index in [1.165, 1.54) is 0 Å². The average molecular weight is 251 g/mol. The molecular weight excluding hydrogens is 234 g/mol. The van der Waals surface area contributed by atoms with Crippen LogP contribution in [0.15, 0.2) is 12.4 Å². The molecule has 0 unspecified atom stereocenters. The van der Waals surface area contributed by atoms with Gasteiger partial charge in [-0.05, 0) is 13.3 Å². The van der Waals surface area contributed by atoms with Crippen LogP contribution in [-0.4, -0.2) is 26.3 Å². The van der Waals surface area contributed by atoms with Crippen molar-refractivity contribution in [1.82, 2.24) is 19.7 Å². The number of nitrogens with one attached hydrogen (secondary N) is 1. The predicted molar refractivity (Wildman–Crippen MR) is 69.4 cm³/mol. The molecule has 2 heterocycles. The summed E-state index contributed by atoms with van der Waals surface area (Å²) in [5.41, 5.74) is 0. The predicted octanol–water partition coefficient (Wildman–Crippen LogP) is 2.17. The number of hydrogen-bond acceptors (Lipinski definition) is 5. The quantitative estimate of drug-likeness (QED) is 0.855. The summed E-state index contributed by atoms with van der Waals surface area (Å²) in [5.74, 6) is 1.12. The van der Waals surface area contributed by atoms with E-state index in [-0.39, 0.29) is 0 Å². The minimum absolute atomic E-state index is 0.762. The Balaban J connectivity index is 2.05. The third kappa shape index (κ3) is 3.03. The number of nitrogens with zero attached hydrogens (tertiary/aromatic N) is 4. The Kier molecular flexibility index (Phi) is 4.08. The van der Waals surface area contributed by atoms with Crippen LogP contribution in [0.25, 0.3) is 0 Å². The van der Waals surface area contributed by atoms with Crippen molar-refractivity contribution in [1.29, 1.82) is 0 Å². The van der Waals surface area contributed by atoms with Crippen LogP contribution in [0.4, 0.5) is 5.13 Å². The van der Waals surface area contributed by atoms with E-state index in [0.29, 0.717) is 0 Å². The number of aryl methyl sites for hydroxylation is 1. The number of imidazole rings is 1. The highest BCUT2D eigenvalue weighted by molar-refractivity contribution is 7.15. The Bertz CT molecular complexity index is 462. The van der Waals surface area contributed by atoms with Gasteiger partial charge < -0.3 is 9.88 Å². The lowest BCUT2D eigenvalue weighted by Crippen LogP contribution is -2.03. The summed E-state index contributed by atoms with van der Waals surface area (Å²) in [5, 5.41) is 13.3. The number of anilines is 1. The van der Waals surface area contributed by atoms with Gasteiger partial charge in [0.25, 0.3) is 0 Å². The molecule has 6 heteroatoms. The molecule has 0 saturated carbocycles. The maximum atomic E-state index is 4.35. The van der Waals surface area contributed by atoms with Crippen LogP contribution in [0, 0.1) is 0 Å². The molecule has 2 rings (SSSR count). The van der Waals surface area contributed by atoms with Crippen molar-refractivity contribution in [3.63, 3.8) is 0 Å². The van der Waals surface area contributed by atoms with E-state index in [2.05, 4.69) is 38.9 Å². The van der Waals surface area contributed by atoms with Gasteiger partial charge in [0.1, 0.15) is 10.8 Å². The van der Waals surface area contributed by atoms with E-state index >= 15 is 0 Å². The highest BCUT2D eigenvalue weighted by Crippen LogP contribution is 2.16. The molecule has 0 radical (unpaired) electrons. The maximum Gasteiger partial charge on any atom is 0.205 e. The van der Waals surface area contributed by atoms with Crippen molar-refractivity contribution in [2.24, 2.45) is 0 Å². The van der Waals surface area contributed by atoms with Gasteiger partial charge in [0.05, 0.1) is 6.54 Å². The van der Waals surface area contributed by atoms with Crippen molar-refractivity contribution in [2.75, 3.05) is 11.9 Å². The standard InChI is InChI=1S/C11H17N5S/c1-3-5-9-13-6-7-16(9)8-10-14-15-11(17-10)12-4-2/h6-7H,3-5,8H2,1-2H3,(H,12,15). The summed E-state index contributed by atoms with van der Waals surface area (Å²) in [4.78, 5) is 4.35. The Morgan fingerprint density at radius 2 is 2.24 bits per heavy atom. The second-order valence-corrected chi connectivity index (χ2v) is 4.81. The van der Waals surface area contributed by atoms with Crippen LogP contribution in [0.5, 0.6) is 0 Å². The molecule has 0 fully saturated rings. The lowest BCUT2D eigenvalue weighted by atomic mass is 10.3. The van der Waals surface area contributed by atoms with Crippen molar-refractivity contribution in [3.8, 4) is 0 Å². The summed E-state index contributed by atoms with van der Waals surface area (Å²) in [6, 6.07) is 0. The summed E-state index contributed by atoms with van der Waals surface area (Å²) >= 11 is 1.60. The fourth-order valence-electron chi connectivity index (χ4n) is 1.62. The van der Waals surface area contributed by atoms with E-state index < -0.39 is 0 Å². The molecule has 0 saturated heterocycles. The Morgan fingerprint density at radius 3 is 3.00 bits per heavy atom. The highest BCUT2D eigenvalue weighted by Gasteiger charge is 2.07. The van der Waals surface area contributed by atoms with Crippen LogP contribution in [0.2, 0.25) is 0 Å². The third-order valence-corrected chi connectivity index (χ3v) is 3.24. The van der Waals surface area contributed by atoms with E-state index in [9.17, 15) is 0 Å². The topological polar surface area (TPSA) is 55.6 Å². The zero-order valence-corrected chi connectivity index (χ0v) is 11.0. The van der Waals surface area contributed by atoms with Crippen molar-refractivity contribution in [3.05, 3.63) is 23.2 Å². The van der Waals surface area contributed by atoms with Gasteiger partial charge in [0, 0.05) is 25.4 Å². The fourth-order valence-corrected chi connectivity index (χ4v) is 2.43. The normalized spacial score (nSPS) is 10.7. The summed E-state index contributed by atoms with van der Waals surface area (Å²) in [6.07, 6.45) is 5.96. The molecule has 2 aromatic heterocycles. The van der Waals surface area contributed by atoms with Gasteiger partial charge in [-0.2, -0.15) is 0 Å². The zero-order chi connectivity index (χ0) is 12.1. The summed E-state index contributed by atoms with van der Waals surface area (Å²) < 4.78 is 2.14. The van der Waals surface area contributed by atoms with E-state index in [1.54, 1.807) is 11.3 Å². The van der Waals surface area contributed by atoms with Crippen LogP contribution >= 0.6 is 11.3 Å². The second-order valence-electron chi connectivity index (χ2n) is 3.75. The van der Waals surface area contributed by atoms with Gasteiger partial charge in [0.15, 0.2) is 0 Å². The summed E-state index contributed by atoms with van der Waals surface area (Å²) in [7, 11) is 0. The molecule has 0 amide bonds. The second kappa shape index (κ2) is 5.77. The lowest BCUT2D eigenvalue weighted by Gasteiger charge is -2.03. The van der Waals surface area contributed by atoms with Crippen molar-refractivity contribution in [2.45, 2.75) is 33.2 Å². The molecule has 92 valence electrons. The molecule has 0 bridgehead atoms. The van der Waals surface area contributed by atoms with Crippen LogP contribution in [-0.2, 0) is 13.0 Å². The van der Waals surface area contributed by atoms with Gasteiger partial charge >= 0.3 is 0 Å². The fraction of sp³-hybridized carbons (Fsp3) is 0.545. The van der Waals surface area contributed by atoms with Gasteiger partial charge in [-0.25, -0.2) is 4.98 Å². The van der Waals surface area contributed by atoms with Crippen LogP contribution in [0.1, 0.15) is 31.1 Å². The zero-order valence-electron chi connectivity index (χ0n) is 10.2. The molecule has 0 aliphatic rings. The third-order valence-electron chi connectivity index (χ3n) is 2.38. The maximum absolute atomic E-state index is 4.35. The van der Waals surface area contributed by atoms with Crippen LogP contribution < -0.4 is 5.32 Å². The van der Waals surface area contributed by atoms with Crippen LogP contribution in [0.3, 0.4) is 0 Å². The van der Waals surface area contributed by atoms with Crippen molar-refractivity contribution >= 4 is 16.5 Å². The van der Waals surface area contributed by atoms with Gasteiger partial charge in [0.2, 0.25) is 5.13 Å². The molecule has 0 aliphatic heterocycles. The molecule has 0 atom stereocenters.